The number of fused-ring (bicyclic) bond motifs is 3. The third kappa shape index (κ3) is 3.84. The van der Waals surface area contributed by atoms with E-state index < -0.39 is 6.09 Å². The van der Waals surface area contributed by atoms with Crippen LogP contribution in [0.2, 0.25) is 0 Å². The molecule has 2 unspecified atom stereocenters. The van der Waals surface area contributed by atoms with Crippen molar-refractivity contribution in [2.24, 2.45) is 0 Å². The fourth-order valence-corrected chi connectivity index (χ4v) is 4.13. The Balaban J connectivity index is 1.38. The van der Waals surface area contributed by atoms with Gasteiger partial charge in [0.25, 0.3) is 0 Å². The van der Waals surface area contributed by atoms with Gasteiger partial charge in [0.2, 0.25) is 0 Å². The first-order valence-electron chi connectivity index (χ1n) is 9.60. The number of ether oxygens (including phenoxy) is 2. The van der Waals surface area contributed by atoms with Crippen LogP contribution in [0, 0.1) is 0 Å². The van der Waals surface area contributed by atoms with Crippen molar-refractivity contribution in [2.45, 2.75) is 37.3 Å². The third-order valence-electron chi connectivity index (χ3n) is 5.46. The van der Waals surface area contributed by atoms with Crippen LogP contribution < -0.4 is 5.32 Å². The van der Waals surface area contributed by atoms with Crippen LogP contribution in [0.3, 0.4) is 0 Å². The summed E-state index contributed by atoms with van der Waals surface area (Å²) in [5.41, 5.74) is 4.77. The van der Waals surface area contributed by atoms with E-state index in [1.165, 1.54) is 22.3 Å². The molecule has 0 saturated carbocycles. The van der Waals surface area contributed by atoms with Gasteiger partial charge in [0.15, 0.2) is 0 Å². The van der Waals surface area contributed by atoms with Gasteiger partial charge in [-0.2, -0.15) is 0 Å². The van der Waals surface area contributed by atoms with Crippen LogP contribution in [0.1, 0.15) is 36.3 Å². The Morgan fingerprint density at radius 3 is 2.41 bits per heavy atom. The highest BCUT2D eigenvalue weighted by atomic mass is 16.5. The van der Waals surface area contributed by atoms with Gasteiger partial charge in [-0.05, 0) is 41.5 Å². The molecule has 5 heteroatoms. The molecule has 0 aromatic heterocycles. The van der Waals surface area contributed by atoms with Crippen LogP contribution in [0.15, 0.2) is 48.5 Å². The lowest BCUT2D eigenvalue weighted by molar-refractivity contribution is 0.0805. The Morgan fingerprint density at radius 1 is 1.15 bits per heavy atom. The lowest BCUT2D eigenvalue weighted by atomic mass is 9.98. The SMILES string of the molecule is O=C(NC(CO)CC1CCCO1)OCC1c2ccccc2-c2ccccc21. The number of aliphatic hydroxyl groups excluding tert-OH is 1. The smallest absolute Gasteiger partial charge is 0.407 e. The molecule has 1 aliphatic carbocycles. The molecule has 1 fully saturated rings. The molecule has 1 saturated heterocycles. The van der Waals surface area contributed by atoms with Crippen LogP contribution in [0.5, 0.6) is 0 Å². The van der Waals surface area contributed by atoms with Gasteiger partial charge in [-0.15, -0.1) is 0 Å². The Bertz CT molecular complexity index is 755. The van der Waals surface area contributed by atoms with Crippen molar-refractivity contribution in [3.8, 4) is 11.1 Å². The van der Waals surface area contributed by atoms with Crippen LogP contribution in [0.4, 0.5) is 4.79 Å². The highest BCUT2D eigenvalue weighted by Gasteiger charge is 2.29. The van der Waals surface area contributed by atoms with Gasteiger partial charge >= 0.3 is 6.09 Å². The second kappa shape index (κ2) is 8.11. The maximum Gasteiger partial charge on any atom is 0.407 e. The van der Waals surface area contributed by atoms with Crippen molar-refractivity contribution in [3.05, 3.63) is 59.7 Å². The summed E-state index contributed by atoms with van der Waals surface area (Å²) in [5, 5.41) is 12.3. The standard InChI is InChI=1S/C22H25NO4/c24-13-15(12-16-6-5-11-26-16)23-22(25)27-14-21-19-9-3-1-7-17(19)18-8-2-4-10-20(18)21/h1-4,7-10,15-16,21,24H,5-6,11-14H2,(H,23,25). The summed E-state index contributed by atoms with van der Waals surface area (Å²) in [7, 11) is 0. The molecule has 0 spiro atoms. The van der Waals surface area contributed by atoms with E-state index in [0.29, 0.717) is 6.42 Å². The normalized spacial score (nSPS) is 19.4. The maximum atomic E-state index is 12.3. The molecule has 1 amide bonds. The topological polar surface area (TPSA) is 67.8 Å². The predicted molar refractivity (Wildman–Crippen MR) is 103 cm³/mol. The summed E-state index contributed by atoms with van der Waals surface area (Å²) >= 11 is 0. The summed E-state index contributed by atoms with van der Waals surface area (Å²) < 4.78 is 11.1. The highest BCUT2D eigenvalue weighted by molar-refractivity contribution is 5.79. The first kappa shape index (κ1) is 18.0. The lowest BCUT2D eigenvalue weighted by Gasteiger charge is -2.20. The van der Waals surface area contributed by atoms with Gasteiger partial charge in [0.05, 0.1) is 18.8 Å². The maximum absolute atomic E-state index is 12.3. The van der Waals surface area contributed by atoms with Crippen LogP contribution in [0.25, 0.3) is 11.1 Å². The van der Waals surface area contributed by atoms with Crippen molar-refractivity contribution >= 4 is 6.09 Å². The molecule has 1 heterocycles. The number of hydrogen-bond donors (Lipinski definition) is 2. The Labute approximate surface area is 159 Å². The summed E-state index contributed by atoms with van der Waals surface area (Å²) in [5.74, 6) is 0.0360. The van der Waals surface area contributed by atoms with Gasteiger partial charge in [-0.25, -0.2) is 4.79 Å². The van der Waals surface area contributed by atoms with E-state index in [2.05, 4.69) is 29.6 Å². The largest absolute Gasteiger partial charge is 0.449 e. The van der Waals surface area contributed by atoms with E-state index in [1.54, 1.807) is 0 Å². The Kier molecular flexibility index (Phi) is 5.41. The van der Waals surface area contributed by atoms with E-state index in [0.717, 1.165) is 19.4 Å². The molecular weight excluding hydrogens is 342 g/mol. The second-order valence-corrected chi connectivity index (χ2v) is 7.22. The molecule has 1 aliphatic heterocycles. The number of amides is 1. The first-order chi connectivity index (χ1) is 13.3. The van der Waals surface area contributed by atoms with E-state index in [9.17, 15) is 9.90 Å². The molecule has 2 N–H and O–H groups in total. The lowest BCUT2D eigenvalue weighted by Crippen LogP contribution is -2.40. The predicted octanol–water partition coefficient (Wildman–Crippen LogP) is 3.46. The van der Waals surface area contributed by atoms with Crippen molar-refractivity contribution < 1.29 is 19.4 Å². The monoisotopic (exact) mass is 367 g/mol. The minimum absolute atomic E-state index is 0.0360. The molecule has 0 bridgehead atoms. The zero-order chi connectivity index (χ0) is 18.6. The summed E-state index contributed by atoms with van der Waals surface area (Å²) in [6, 6.07) is 16.1. The van der Waals surface area contributed by atoms with Gasteiger partial charge < -0.3 is 19.9 Å². The number of carbonyl (C=O) groups is 1. The number of rotatable bonds is 6. The molecule has 5 nitrogen and oxygen atoms in total. The molecule has 2 aromatic carbocycles. The Morgan fingerprint density at radius 2 is 1.81 bits per heavy atom. The van der Waals surface area contributed by atoms with Crippen molar-refractivity contribution in [1.29, 1.82) is 0 Å². The Hall–Kier alpha value is -2.37. The number of carbonyl (C=O) groups excluding carboxylic acids is 1. The number of alkyl carbamates (subject to hydrolysis) is 1. The number of aliphatic hydroxyl groups is 1. The van der Waals surface area contributed by atoms with Crippen LogP contribution in [-0.4, -0.2) is 43.2 Å². The van der Waals surface area contributed by atoms with Crippen molar-refractivity contribution in [2.75, 3.05) is 19.8 Å². The van der Waals surface area contributed by atoms with Crippen LogP contribution in [-0.2, 0) is 9.47 Å². The zero-order valence-electron chi connectivity index (χ0n) is 15.3. The molecule has 2 aromatic rings. The third-order valence-corrected chi connectivity index (χ3v) is 5.46. The number of nitrogens with one attached hydrogen (secondary N) is 1. The van der Waals surface area contributed by atoms with Gasteiger partial charge in [0.1, 0.15) is 6.61 Å². The summed E-state index contributed by atoms with van der Waals surface area (Å²) in [4.78, 5) is 12.3. The van der Waals surface area contributed by atoms with Crippen molar-refractivity contribution in [3.63, 3.8) is 0 Å². The molecule has 2 atom stereocenters. The summed E-state index contributed by atoms with van der Waals surface area (Å²) in [6.45, 7) is 0.912. The van der Waals surface area contributed by atoms with Crippen LogP contribution >= 0.6 is 0 Å². The van der Waals surface area contributed by atoms with E-state index in [-0.39, 0.29) is 31.3 Å². The van der Waals surface area contributed by atoms with E-state index >= 15 is 0 Å². The molecule has 142 valence electrons. The fourth-order valence-electron chi connectivity index (χ4n) is 4.13. The van der Waals surface area contributed by atoms with Gasteiger partial charge in [-0.1, -0.05) is 48.5 Å². The van der Waals surface area contributed by atoms with Crippen molar-refractivity contribution in [1.82, 2.24) is 5.32 Å². The van der Waals surface area contributed by atoms with Gasteiger partial charge in [-0.3, -0.25) is 0 Å². The first-order valence-corrected chi connectivity index (χ1v) is 9.60. The minimum Gasteiger partial charge on any atom is -0.449 e. The second-order valence-electron chi connectivity index (χ2n) is 7.22. The minimum atomic E-state index is -0.492. The zero-order valence-corrected chi connectivity index (χ0v) is 15.3. The molecule has 4 rings (SSSR count). The van der Waals surface area contributed by atoms with E-state index in [1.807, 2.05) is 24.3 Å². The molecule has 0 radical (unpaired) electrons. The number of benzene rings is 2. The highest BCUT2D eigenvalue weighted by Crippen LogP contribution is 2.44. The summed E-state index contributed by atoms with van der Waals surface area (Å²) in [6.07, 6.45) is 2.24. The fraction of sp³-hybridized carbons (Fsp3) is 0.409. The molecular formula is C22H25NO4. The molecule has 2 aliphatic rings. The average Bonchev–Trinajstić information content (AvgIpc) is 3.32. The number of hydrogen-bond acceptors (Lipinski definition) is 4. The molecule has 27 heavy (non-hydrogen) atoms. The van der Waals surface area contributed by atoms with E-state index in [4.69, 9.17) is 9.47 Å². The average molecular weight is 367 g/mol. The quantitative estimate of drug-likeness (QED) is 0.821. The van der Waals surface area contributed by atoms with Gasteiger partial charge in [0, 0.05) is 12.5 Å².